The number of hydrogen-bond donors (Lipinski definition) is 0. The van der Waals surface area contributed by atoms with E-state index < -0.39 is 0 Å². The van der Waals surface area contributed by atoms with Crippen LogP contribution in [0.1, 0.15) is 0 Å². The van der Waals surface area contributed by atoms with E-state index in [1.54, 1.807) is 11.3 Å². The van der Waals surface area contributed by atoms with Crippen molar-refractivity contribution in [3.63, 3.8) is 0 Å². The van der Waals surface area contributed by atoms with Crippen LogP contribution in [0.4, 0.5) is 0 Å². The summed E-state index contributed by atoms with van der Waals surface area (Å²) in [5.74, 6) is 0. The fourth-order valence-electron chi connectivity index (χ4n) is 0.757. The molecular formula is C7H4NRbS. The molecule has 0 saturated carbocycles. The Morgan fingerprint density at radius 2 is 2.10 bits per heavy atom. The summed E-state index contributed by atoms with van der Waals surface area (Å²) in [4.78, 5) is 4.01. The van der Waals surface area contributed by atoms with Gasteiger partial charge in [0.15, 0.2) is 0 Å². The topological polar surface area (TPSA) is 12.9 Å². The summed E-state index contributed by atoms with van der Waals surface area (Å²) in [5.41, 5.74) is 3.87. The Hall–Kier alpha value is 0.915. The maximum Gasteiger partial charge on any atom is 1.00 e. The number of hydrogen-bond acceptors (Lipinski definition) is 2. The molecule has 1 heterocycles. The van der Waals surface area contributed by atoms with Crippen LogP contribution < -0.4 is 58.2 Å². The van der Waals surface area contributed by atoms with Crippen LogP contribution >= 0.6 is 11.3 Å². The van der Waals surface area contributed by atoms with E-state index in [1.807, 2.05) is 24.3 Å². The molecule has 0 unspecified atom stereocenters. The zero-order valence-corrected chi connectivity index (χ0v) is 11.4. The van der Waals surface area contributed by atoms with Crippen LogP contribution in [-0.2, 0) is 0 Å². The van der Waals surface area contributed by atoms with Gasteiger partial charge in [-0.25, -0.2) is 0 Å². The summed E-state index contributed by atoms with van der Waals surface area (Å²) in [6.07, 6.45) is 0. The van der Waals surface area contributed by atoms with Gasteiger partial charge in [0.1, 0.15) is 0 Å². The van der Waals surface area contributed by atoms with Gasteiger partial charge in [-0.3, -0.25) is 11.3 Å². The van der Waals surface area contributed by atoms with Gasteiger partial charge in [-0.2, -0.15) is 0 Å². The van der Waals surface area contributed by atoms with Crippen molar-refractivity contribution in [2.24, 2.45) is 0 Å². The first-order chi connectivity index (χ1) is 4.47. The molecule has 0 atom stereocenters. The number of thiazole rings is 1. The summed E-state index contributed by atoms with van der Waals surface area (Å²) in [6.45, 7) is 0. The normalized spacial score (nSPS) is 9.20. The van der Waals surface area contributed by atoms with Crippen LogP contribution in [0.2, 0.25) is 0 Å². The van der Waals surface area contributed by atoms with Gasteiger partial charge in [-0.1, -0.05) is 17.6 Å². The van der Waals surface area contributed by atoms with Crippen molar-refractivity contribution in [1.29, 1.82) is 0 Å². The fraction of sp³-hybridized carbons (Fsp3) is 0. The maximum atomic E-state index is 4.01. The summed E-state index contributed by atoms with van der Waals surface area (Å²) in [6, 6.07) is 8.02. The molecule has 0 aliphatic carbocycles. The molecular weight excluding hydrogens is 216 g/mol. The first kappa shape index (κ1) is 9.01. The third kappa shape index (κ3) is 1.74. The molecule has 10 heavy (non-hydrogen) atoms. The van der Waals surface area contributed by atoms with E-state index in [0.717, 1.165) is 5.52 Å². The zero-order chi connectivity index (χ0) is 6.10. The standard InChI is InChI=1S/C7H4NS.Rb/c1-2-4-7-6(3-1)8-5-9-7;/h1-4H;/q-1;+1. The molecule has 0 aliphatic rings. The molecule has 1 aromatic heterocycles. The van der Waals surface area contributed by atoms with E-state index >= 15 is 0 Å². The van der Waals surface area contributed by atoms with Gasteiger partial charge >= 0.3 is 58.2 Å². The Balaban J connectivity index is 0.000000500. The van der Waals surface area contributed by atoms with Gasteiger partial charge in [0.2, 0.25) is 0 Å². The van der Waals surface area contributed by atoms with Gasteiger partial charge < -0.3 is 4.98 Å². The second-order valence-corrected chi connectivity index (χ2v) is 2.60. The van der Waals surface area contributed by atoms with Crippen LogP contribution in [0.3, 0.4) is 0 Å². The fourth-order valence-corrected chi connectivity index (χ4v) is 1.36. The second kappa shape index (κ2) is 4.07. The minimum atomic E-state index is 0. The van der Waals surface area contributed by atoms with Crippen molar-refractivity contribution in [2.75, 3.05) is 0 Å². The van der Waals surface area contributed by atoms with Crippen LogP contribution in [0.15, 0.2) is 24.3 Å². The van der Waals surface area contributed by atoms with Crippen molar-refractivity contribution in [3.05, 3.63) is 29.8 Å². The van der Waals surface area contributed by atoms with Crippen molar-refractivity contribution in [3.8, 4) is 0 Å². The van der Waals surface area contributed by atoms with E-state index in [4.69, 9.17) is 0 Å². The first-order valence-electron chi connectivity index (χ1n) is 2.68. The largest absolute Gasteiger partial charge is 1.00 e. The number of nitrogens with zero attached hydrogens (tertiary/aromatic N) is 1. The van der Waals surface area contributed by atoms with Crippen molar-refractivity contribution in [2.45, 2.75) is 0 Å². The number of benzene rings is 1. The molecule has 1 nitrogen and oxygen atoms in total. The van der Waals surface area contributed by atoms with E-state index in [2.05, 4.69) is 10.5 Å². The van der Waals surface area contributed by atoms with Crippen LogP contribution in [0, 0.1) is 5.51 Å². The number of rotatable bonds is 0. The Morgan fingerprint density at radius 3 is 2.90 bits per heavy atom. The SMILES string of the molecule is [Rb+].[c-]1nc2ccccc2s1. The monoisotopic (exact) mass is 219 g/mol. The third-order valence-electron chi connectivity index (χ3n) is 1.19. The molecule has 0 bridgehead atoms. The molecule has 3 heteroatoms. The molecule has 0 N–H and O–H groups in total. The Labute approximate surface area is 112 Å². The van der Waals surface area contributed by atoms with Crippen molar-refractivity contribution >= 4 is 21.6 Å². The number of fused-ring (bicyclic) bond motifs is 1. The van der Waals surface area contributed by atoms with Crippen LogP contribution in [-0.4, -0.2) is 4.98 Å². The Bertz CT molecular complexity index is 288. The predicted molar refractivity (Wildman–Crippen MR) is 38.5 cm³/mol. The molecule has 0 radical (unpaired) electrons. The van der Waals surface area contributed by atoms with Crippen molar-refractivity contribution < 1.29 is 58.2 Å². The quantitative estimate of drug-likeness (QED) is 0.524. The Kier molecular flexibility index (Phi) is 3.67. The summed E-state index contributed by atoms with van der Waals surface area (Å²) in [7, 11) is 0. The summed E-state index contributed by atoms with van der Waals surface area (Å²) >= 11 is 1.55. The molecule has 44 valence electrons. The van der Waals surface area contributed by atoms with Gasteiger partial charge in [0.05, 0.1) is 0 Å². The summed E-state index contributed by atoms with van der Waals surface area (Å²) in [5, 5.41) is 0. The van der Waals surface area contributed by atoms with E-state index in [9.17, 15) is 0 Å². The van der Waals surface area contributed by atoms with Crippen LogP contribution in [0.25, 0.3) is 10.2 Å². The number of aromatic nitrogens is 1. The van der Waals surface area contributed by atoms with Gasteiger partial charge in [0.25, 0.3) is 0 Å². The number of para-hydroxylation sites is 1. The van der Waals surface area contributed by atoms with E-state index in [1.165, 1.54) is 4.70 Å². The molecule has 0 spiro atoms. The average Bonchev–Trinajstić information content (AvgIpc) is 2.33. The average molecular weight is 220 g/mol. The molecule has 0 fully saturated rings. The van der Waals surface area contributed by atoms with Gasteiger partial charge in [-0.15, -0.1) is 16.8 Å². The maximum absolute atomic E-state index is 4.01. The predicted octanol–water partition coefficient (Wildman–Crippen LogP) is -0.900. The second-order valence-electron chi connectivity index (χ2n) is 1.77. The van der Waals surface area contributed by atoms with E-state index in [0.29, 0.717) is 0 Å². The minimum absolute atomic E-state index is 0. The van der Waals surface area contributed by atoms with Crippen molar-refractivity contribution in [1.82, 2.24) is 4.98 Å². The zero-order valence-electron chi connectivity index (χ0n) is 5.66. The van der Waals surface area contributed by atoms with E-state index in [-0.39, 0.29) is 58.2 Å². The van der Waals surface area contributed by atoms with Gasteiger partial charge in [-0.05, 0) is 5.51 Å². The molecule has 2 aromatic rings. The molecule has 2 rings (SSSR count). The smallest absolute Gasteiger partial charge is 0.386 e. The first-order valence-corrected chi connectivity index (χ1v) is 3.50. The van der Waals surface area contributed by atoms with Gasteiger partial charge in [0, 0.05) is 0 Å². The summed E-state index contributed by atoms with van der Waals surface area (Å²) < 4.78 is 1.21. The third-order valence-corrected chi connectivity index (χ3v) is 1.93. The molecule has 1 aromatic carbocycles. The molecule has 0 amide bonds. The minimum Gasteiger partial charge on any atom is -0.386 e. The Morgan fingerprint density at radius 1 is 1.30 bits per heavy atom. The molecule has 0 aliphatic heterocycles. The molecule has 0 saturated heterocycles. The van der Waals surface area contributed by atoms with Crippen LogP contribution in [0.5, 0.6) is 0 Å².